The number of benzene rings is 2. The first-order valence-corrected chi connectivity index (χ1v) is 7.63. The minimum Gasteiger partial charge on any atom is -0.562 e. The van der Waals surface area contributed by atoms with E-state index in [9.17, 15) is 9.90 Å². The van der Waals surface area contributed by atoms with Gasteiger partial charge in [-0.2, -0.15) is 0 Å². The lowest BCUT2D eigenvalue weighted by Crippen LogP contribution is -1.95. The summed E-state index contributed by atoms with van der Waals surface area (Å²) in [5.41, 5.74) is 1.24. The Kier molecular flexibility index (Phi) is 4.43. The maximum Gasteiger partial charge on any atom is 0.335 e. The lowest BCUT2D eigenvalue weighted by molar-refractivity contribution is -0.293. The first kappa shape index (κ1) is 15.9. The molecule has 0 aliphatic carbocycles. The molecule has 1 aromatic heterocycles. The Bertz CT molecular complexity index is 917. The highest BCUT2D eigenvalue weighted by Crippen LogP contribution is 2.25. The number of hydrogen-bond acceptors (Lipinski definition) is 5. The maximum atomic E-state index is 11.9. The fourth-order valence-corrected chi connectivity index (χ4v) is 2.23. The summed E-state index contributed by atoms with van der Waals surface area (Å²) in [6.45, 7) is 0. The van der Waals surface area contributed by atoms with Crippen LogP contribution >= 0.6 is 15.9 Å². The topological polar surface area (TPSA) is 98.8 Å². The SMILES string of the molecule is O=C(O)c1cccc(N=Cc2nc(-c3ccc(Br)cc3)oc2[O-])c1. The van der Waals surface area contributed by atoms with Crippen LogP contribution in [0.4, 0.5) is 5.69 Å². The van der Waals surface area contributed by atoms with Crippen molar-refractivity contribution in [3.05, 3.63) is 64.3 Å². The van der Waals surface area contributed by atoms with E-state index >= 15 is 0 Å². The maximum absolute atomic E-state index is 11.9. The van der Waals surface area contributed by atoms with Crippen LogP contribution in [0.5, 0.6) is 5.95 Å². The molecule has 0 atom stereocenters. The average molecular weight is 386 g/mol. The number of carbonyl (C=O) groups is 1. The normalized spacial score (nSPS) is 11.0. The second-order valence-electron chi connectivity index (χ2n) is 4.81. The molecule has 24 heavy (non-hydrogen) atoms. The summed E-state index contributed by atoms with van der Waals surface area (Å²) in [5.74, 6) is -1.45. The summed E-state index contributed by atoms with van der Waals surface area (Å²) in [5, 5.41) is 20.8. The fraction of sp³-hybridized carbons (Fsp3) is 0. The summed E-state index contributed by atoms with van der Waals surface area (Å²) < 4.78 is 6.03. The summed E-state index contributed by atoms with van der Waals surface area (Å²) in [7, 11) is 0. The molecule has 0 unspecified atom stereocenters. The molecule has 0 aliphatic rings. The van der Waals surface area contributed by atoms with E-state index in [4.69, 9.17) is 9.52 Å². The van der Waals surface area contributed by atoms with E-state index in [-0.39, 0.29) is 17.1 Å². The molecule has 1 heterocycles. The van der Waals surface area contributed by atoms with Crippen LogP contribution in [0.3, 0.4) is 0 Å². The van der Waals surface area contributed by atoms with Crippen LogP contribution in [-0.2, 0) is 0 Å². The Morgan fingerprint density at radius 2 is 2.00 bits per heavy atom. The number of aliphatic imine (C=N–C) groups is 1. The van der Waals surface area contributed by atoms with Crippen LogP contribution in [0.2, 0.25) is 0 Å². The van der Waals surface area contributed by atoms with Crippen molar-refractivity contribution in [2.75, 3.05) is 0 Å². The second-order valence-corrected chi connectivity index (χ2v) is 5.73. The van der Waals surface area contributed by atoms with Crippen molar-refractivity contribution in [1.29, 1.82) is 0 Å². The van der Waals surface area contributed by atoms with Crippen LogP contribution in [0.25, 0.3) is 11.5 Å². The summed E-state index contributed by atoms with van der Waals surface area (Å²) >= 11 is 3.33. The third-order valence-electron chi connectivity index (χ3n) is 3.14. The smallest absolute Gasteiger partial charge is 0.335 e. The van der Waals surface area contributed by atoms with Crippen molar-refractivity contribution in [2.45, 2.75) is 0 Å². The summed E-state index contributed by atoms with van der Waals surface area (Å²) in [4.78, 5) is 19.1. The molecule has 0 saturated carbocycles. The van der Waals surface area contributed by atoms with Gasteiger partial charge in [0.2, 0.25) is 0 Å². The van der Waals surface area contributed by atoms with Gasteiger partial charge in [0.05, 0.1) is 23.4 Å². The third-order valence-corrected chi connectivity index (χ3v) is 3.67. The van der Waals surface area contributed by atoms with Gasteiger partial charge >= 0.3 is 5.97 Å². The van der Waals surface area contributed by atoms with E-state index < -0.39 is 11.9 Å². The standard InChI is InChI=1S/C17H11BrN2O4/c18-12-6-4-10(5-7-12)15-20-14(17(23)24-15)9-19-13-3-1-2-11(8-13)16(21)22/h1-9,23H,(H,21,22)/p-1. The zero-order valence-corrected chi connectivity index (χ0v) is 13.7. The number of aromatic nitrogens is 1. The van der Waals surface area contributed by atoms with E-state index in [2.05, 4.69) is 25.9 Å². The van der Waals surface area contributed by atoms with Crippen molar-refractivity contribution >= 4 is 33.8 Å². The molecular formula is C17H10BrN2O4-. The van der Waals surface area contributed by atoms with Gasteiger partial charge in [0.15, 0.2) is 0 Å². The van der Waals surface area contributed by atoms with Gasteiger partial charge in [-0.05, 0) is 30.3 Å². The summed E-state index contributed by atoms with van der Waals surface area (Å²) in [6, 6.07) is 13.2. The lowest BCUT2D eigenvalue weighted by atomic mass is 10.2. The number of carboxylic acid groups (broad SMARTS) is 1. The van der Waals surface area contributed by atoms with Crippen molar-refractivity contribution in [2.24, 2.45) is 4.99 Å². The van der Waals surface area contributed by atoms with Crippen LogP contribution in [0.15, 0.2) is 62.4 Å². The molecule has 0 amide bonds. The number of carboxylic acids is 1. The Labute approximate surface area is 145 Å². The zero-order chi connectivity index (χ0) is 17.1. The highest BCUT2D eigenvalue weighted by atomic mass is 79.9. The summed E-state index contributed by atoms with van der Waals surface area (Å²) in [6.07, 6.45) is 1.26. The van der Waals surface area contributed by atoms with Gasteiger partial charge in [0.1, 0.15) is 11.6 Å². The van der Waals surface area contributed by atoms with E-state index in [0.717, 1.165) is 4.47 Å². The predicted octanol–water partition coefficient (Wildman–Crippen LogP) is 3.63. The van der Waals surface area contributed by atoms with Gasteiger partial charge < -0.3 is 14.6 Å². The van der Waals surface area contributed by atoms with Crippen molar-refractivity contribution in [3.63, 3.8) is 0 Å². The van der Waals surface area contributed by atoms with Gasteiger partial charge in [0, 0.05) is 10.0 Å². The highest BCUT2D eigenvalue weighted by molar-refractivity contribution is 9.10. The minimum absolute atomic E-state index is 0.0497. The largest absolute Gasteiger partial charge is 0.562 e. The first-order valence-electron chi connectivity index (χ1n) is 6.84. The Balaban J connectivity index is 1.87. The molecule has 2 aromatic carbocycles. The monoisotopic (exact) mass is 385 g/mol. The number of hydrogen-bond donors (Lipinski definition) is 1. The Morgan fingerprint density at radius 3 is 2.71 bits per heavy atom. The molecule has 3 rings (SSSR count). The molecule has 120 valence electrons. The van der Waals surface area contributed by atoms with E-state index in [1.807, 2.05) is 12.1 Å². The lowest BCUT2D eigenvalue weighted by Gasteiger charge is -1.99. The van der Waals surface area contributed by atoms with Gasteiger partial charge in [-0.25, -0.2) is 9.78 Å². The van der Waals surface area contributed by atoms with Gasteiger partial charge in [-0.15, -0.1) is 0 Å². The number of nitrogens with zero attached hydrogens (tertiary/aromatic N) is 2. The Hall–Kier alpha value is -2.93. The number of oxazole rings is 1. The van der Waals surface area contributed by atoms with Crippen LogP contribution in [0.1, 0.15) is 16.1 Å². The minimum atomic E-state index is -1.05. The molecule has 0 bridgehead atoms. The second kappa shape index (κ2) is 6.67. The first-order chi connectivity index (χ1) is 11.5. The van der Waals surface area contributed by atoms with Gasteiger partial charge in [-0.3, -0.25) is 4.99 Å². The van der Waals surface area contributed by atoms with Gasteiger partial charge in [0.25, 0.3) is 0 Å². The van der Waals surface area contributed by atoms with Crippen molar-refractivity contribution in [3.8, 4) is 17.4 Å². The highest BCUT2D eigenvalue weighted by Gasteiger charge is 2.05. The number of rotatable bonds is 4. The molecule has 0 radical (unpaired) electrons. The third kappa shape index (κ3) is 3.52. The predicted molar refractivity (Wildman–Crippen MR) is 89.7 cm³/mol. The van der Waals surface area contributed by atoms with Gasteiger partial charge in [-0.1, -0.05) is 34.1 Å². The Morgan fingerprint density at radius 1 is 1.25 bits per heavy atom. The molecule has 3 aromatic rings. The zero-order valence-electron chi connectivity index (χ0n) is 12.1. The molecule has 1 N–H and O–H groups in total. The van der Waals surface area contributed by atoms with Crippen molar-refractivity contribution in [1.82, 2.24) is 4.98 Å². The van der Waals surface area contributed by atoms with Crippen LogP contribution in [0, 0.1) is 0 Å². The molecule has 6 nitrogen and oxygen atoms in total. The molecule has 0 aliphatic heterocycles. The van der Waals surface area contributed by atoms with Crippen molar-refractivity contribution < 1.29 is 19.4 Å². The van der Waals surface area contributed by atoms with E-state index in [1.165, 1.54) is 18.3 Å². The molecular weight excluding hydrogens is 376 g/mol. The number of aromatic carboxylic acids is 1. The van der Waals surface area contributed by atoms with E-state index in [0.29, 0.717) is 11.3 Å². The van der Waals surface area contributed by atoms with Crippen LogP contribution < -0.4 is 5.11 Å². The average Bonchev–Trinajstić information content (AvgIpc) is 2.95. The molecule has 0 saturated heterocycles. The fourth-order valence-electron chi connectivity index (χ4n) is 1.97. The van der Waals surface area contributed by atoms with Crippen LogP contribution in [-0.4, -0.2) is 22.3 Å². The number of halogens is 1. The van der Waals surface area contributed by atoms with E-state index in [1.54, 1.807) is 24.3 Å². The molecule has 7 heteroatoms. The quantitative estimate of drug-likeness (QED) is 0.691. The molecule has 0 fully saturated rings. The molecule has 0 spiro atoms.